The van der Waals surface area contributed by atoms with Crippen LogP contribution in [0.4, 0.5) is 8.78 Å². The molecule has 7 heteroatoms. The van der Waals surface area contributed by atoms with Gasteiger partial charge in [0.15, 0.2) is 6.61 Å². The summed E-state index contributed by atoms with van der Waals surface area (Å²) in [7, 11) is 0. The van der Waals surface area contributed by atoms with Crippen molar-refractivity contribution in [2.45, 2.75) is 12.5 Å². The van der Waals surface area contributed by atoms with Crippen molar-refractivity contribution >= 4 is 17.5 Å². The lowest BCUT2D eigenvalue weighted by Crippen LogP contribution is -2.38. The number of alkyl halides is 2. The van der Waals surface area contributed by atoms with Crippen LogP contribution in [-0.4, -0.2) is 36.7 Å². The Hall–Kier alpha value is -1.40. The Balaban J connectivity index is 2.27. The number of aliphatic hydroxyl groups is 1. The highest BCUT2D eigenvalue weighted by Gasteiger charge is 2.17. The van der Waals surface area contributed by atoms with Crippen molar-refractivity contribution in [1.29, 1.82) is 0 Å². The molecule has 0 saturated carbocycles. The number of hydrogen-bond donors (Lipinski definition) is 2. The lowest BCUT2D eigenvalue weighted by atomic mass is 10.3. The third kappa shape index (κ3) is 5.29. The first-order chi connectivity index (χ1) is 8.49. The highest BCUT2D eigenvalue weighted by atomic mass is 35.5. The number of amides is 1. The fraction of sp³-hybridized carbons (Fsp3) is 0.364. The largest absolute Gasteiger partial charge is 0.484 e. The van der Waals surface area contributed by atoms with Crippen molar-refractivity contribution in [3.8, 4) is 5.75 Å². The third-order valence-corrected chi connectivity index (χ3v) is 2.23. The zero-order valence-electron chi connectivity index (χ0n) is 9.28. The van der Waals surface area contributed by atoms with Gasteiger partial charge >= 0.3 is 0 Å². The molecule has 1 aromatic carbocycles. The highest BCUT2D eigenvalue weighted by Crippen LogP contribution is 2.15. The normalized spacial score (nSPS) is 12.3. The van der Waals surface area contributed by atoms with Crippen molar-refractivity contribution in [2.75, 3.05) is 13.2 Å². The summed E-state index contributed by atoms with van der Waals surface area (Å²) >= 11 is 5.65. The summed E-state index contributed by atoms with van der Waals surface area (Å²) in [5, 5.41) is 11.4. The minimum absolute atomic E-state index is 0.322. The second-order valence-corrected chi connectivity index (χ2v) is 3.88. The van der Waals surface area contributed by atoms with E-state index < -0.39 is 25.0 Å². The van der Waals surface area contributed by atoms with Crippen LogP contribution in [0.5, 0.6) is 5.75 Å². The number of halogens is 3. The number of hydrogen-bond acceptors (Lipinski definition) is 3. The van der Waals surface area contributed by atoms with Crippen LogP contribution in [0, 0.1) is 0 Å². The Morgan fingerprint density at radius 2 is 2.00 bits per heavy atom. The first kappa shape index (κ1) is 14.7. The summed E-state index contributed by atoms with van der Waals surface area (Å²) in [5.41, 5.74) is 0. The number of aliphatic hydroxyl groups excluding tert-OH is 1. The van der Waals surface area contributed by atoms with Crippen LogP contribution in [0.3, 0.4) is 0 Å². The van der Waals surface area contributed by atoms with Gasteiger partial charge < -0.3 is 15.2 Å². The van der Waals surface area contributed by atoms with Crippen LogP contribution < -0.4 is 10.1 Å². The van der Waals surface area contributed by atoms with Gasteiger partial charge in [0.05, 0.1) is 0 Å². The lowest BCUT2D eigenvalue weighted by Gasteiger charge is -2.11. The Kier molecular flexibility index (Phi) is 5.80. The molecule has 0 aromatic heterocycles. The fourth-order valence-electron chi connectivity index (χ4n) is 1.04. The van der Waals surface area contributed by atoms with Crippen LogP contribution in [0.15, 0.2) is 24.3 Å². The molecule has 0 aliphatic carbocycles. The van der Waals surface area contributed by atoms with Crippen LogP contribution in [0.25, 0.3) is 0 Å². The van der Waals surface area contributed by atoms with Gasteiger partial charge in [0, 0.05) is 11.6 Å². The smallest absolute Gasteiger partial charge is 0.265 e. The lowest BCUT2D eigenvalue weighted by molar-refractivity contribution is -0.124. The average molecular weight is 280 g/mol. The molecule has 2 N–H and O–H groups in total. The van der Waals surface area contributed by atoms with Gasteiger partial charge in [-0.05, 0) is 24.3 Å². The Morgan fingerprint density at radius 1 is 1.39 bits per heavy atom. The molecule has 0 heterocycles. The molecule has 100 valence electrons. The molecular formula is C11H12ClF2NO3. The average Bonchev–Trinajstić information content (AvgIpc) is 2.35. The molecule has 4 nitrogen and oxygen atoms in total. The van der Waals surface area contributed by atoms with Gasteiger partial charge in [0.25, 0.3) is 12.3 Å². The number of rotatable bonds is 6. The maximum Gasteiger partial charge on any atom is 0.265 e. The van der Waals surface area contributed by atoms with E-state index in [1.54, 1.807) is 24.3 Å². The third-order valence-electron chi connectivity index (χ3n) is 1.98. The van der Waals surface area contributed by atoms with Crippen molar-refractivity contribution in [1.82, 2.24) is 5.32 Å². The monoisotopic (exact) mass is 279 g/mol. The molecule has 1 atom stereocenters. The number of carbonyl (C=O) groups excluding carboxylic acids is 1. The van der Waals surface area contributed by atoms with Crippen LogP contribution >= 0.6 is 11.6 Å². The first-order valence-electron chi connectivity index (χ1n) is 5.10. The van der Waals surface area contributed by atoms with Crippen LogP contribution in [0.1, 0.15) is 0 Å². The van der Waals surface area contributed by atoms with Crippen molar-refractivity contribution in [3.05, 3.63) is 29.3 Å². The number of nitrogens with one attached hydrogen (secondary N) is 1. The van der Waals surface area contributed by atoms with E-state index in [9.17, 15) is 13.6 Å². The number of ether oxygens (including phenoxy) is 1. The van der Waals surface area contributed by atoms with Gasteiger partial charge in [-0.2, -0.15) is 0 Å². The van der Waals surface area contributed by atoms with Gasteiger partial charge in [-0.3, -0.25) is 4.79 Å². The Labute approximate surface area is 108 Å². The van der Waals surface area contributed by atoms with Crippen molar-refractivity contribution in [3.63, 3.8) is 0 Å². The predicted octanol–water partition coefficient (Wildman–Crippen LogP) is 1.46. The number of carbonyl (C=O) groups is 1. The SMILES string of the molecule is O=C(COc1ccc(Cl)cc1)NCC(O)C(F)F. The van der Waals surface area contributed by atoms with E-state index in [0.29, 0.717) is 10.8 Å². The predicted molar refractivity (Wildman–Crippen MR) is 62.0 cm³/mol. The molecule has 0 saturated heterocycles. The number of benzene rings is 1. The van der Waals surface area contributed by atoms with Crippen LogP contribution in [0.2, 0.25) is 5.02 Å². The summed E-state index contributed by atoms with van der Waals surface area (Å²) in [6, 6.07) is 6.33. The second-order valence-electron chi connectivity index (χ2n) is 3.45. The summed E-state index contributed by atoms with van der Waals surface area (Å²) in [6.07, 6.45) is -4.76. The minimum Gasteiger partial charge on any atom is -0.484 e. The minimum atomic E-state index is -2.89. The zero-order valence-corrected chi connectivity index (χ0v) is 10.0. The maximum atomic E-state index is 11.9. The standard InChI is InChI=1S/C11H12ClF2NO3/c12-7-1-3-8(4-2-7)18-6-10(17)15-5-9(16)11(13)14/h1-4,9,11,16H,5-6H2,(H,15,17). The van der Waals surface area contributed by atoms with E-state index >= 15 is 0 Å². The first-order valence-corrected chi connectivity index (χ1v) is 5.48. The molecule has 0 aliphatic heterocycles. The van der Waals surface area contributed by atoms with E-state index in [4.69, 9.17) is 21.4 Å². The molecule has 0 bridgehead atoms. The van der Waals surface area contributed by atoms with Gasteiger partial charge in [0.2, 0.25) is 0 Å². The van der Waals surface area contributed by atoms with Crippen molar-refractivity contribution < 1.29 is 23.4 Å². The zero-order chi connectivity index (χ0) is 13.5. The molecular weight excluding hydrogens is 268 g/mol. The van der Waals surface area contributed by atoms with Gasteiger partial charge in [-0.15, -0.1) is 0 Å². The van der Waals surface area contributed by atoms with E-state index in [1.165, 1.54) is 0 Å². The fourth-order valence-corrected chi connectivity index (χ4v) is 1.16. The molecule has 1 rings (SSSR count). The molecule has 1 aromatic rings. The van der Waals surface area contributed by atoms with E-state index in [2.05, 4.69) is 5.32 Å². The summed E-state index contributed by atoms with van der Waals surface area (Å²) in [6.45, 7) is -0.835. The van der Waals surface area contributed by atoms with E-state index in [0.717, 1.165) is 0 Å². The summed E-state index contributed by atoms with van der Waals surface area (Å²) in [4.78, 5) is 11.2. The topological polar surface area (TPSA) is 58.6 Å². The molecule has 0 radical (unpaired) electrons. The Morgan fingerprint density at radius 3 is 2.56 bits per heavy atom. The highest BCUT2D eigenvalue weighted by molar-refractivity contribution is 6.30. The van der Waals surface area contributed by atoms with E-state index in [-0.39, 0.29) is 6.61 Å². The molecule has 18 heavy (non-hydrogen) atoms. The molecule has 0 fully saturated rings. The molecule has 1 amide bonds. The maximum absolute atomic E-state index is 11.9. The molecule has 0 aliphatic rings. The molecule has 0 spiro atoms. The molecule has 1 unspecified atom stereocenters. The van der Waals surface area contributed by atoms with Gasteiger partial charge in [-0.1, -0.05) is 11.6 Å². The van der Waals surface area contributed by atoms with Gasteiger partial charge in [-0.25, -0.2) is 8.78 Å². The second kappa shape index (κ2) is 7.13. The van der Waals surface area contributed by atoms with Crippen molar-refractivity contribution in [2.24, 2.45) is 0 Å². The van der Waals surface area contributed by atoms with E-state index in [1.807, 2.05) is 0 Å². The van der Waals surface area contributed by atoms with Crippen LogP contribution in [-0.2, 0) is 4.79 Å². The summed E-state index contributed by atoms with van der Waals surface area (Å²) < 4.78 is 28.9. The quantitative estimate of drug-likeness (QED) is 0.829. The Bertz CT molecular complexity index is 386. The van der Waals surface area contributed by atoms with Gasteiger partial charge in [0.1, 0.15) is 11.9 Å². The summed E-state index contributed by atoms with van der Waals surface area (Å²) in [5.74, 6) is -0.159.